The monoisotopic (exact) mass is 344 g/mol. The number of nitrogens with one attached hydrogen (secondary N) is 2. The Hall–Kier alpha value is -1.52. The molecular formula is C20H32N4O. The highest BCUT2D eigenvalue weighted by Crippen LogP contribution is 2.55. The van der Waals surface area contributed by atoms with Crippen molar-refractivity contribution >= 4 is 6.03 Å². The fourth-order valence-electron chi connectivity index (χ4n) is 6.25. The van der Waals surface area contributed by atoms with Crippen LogP contribution in [0.2, 0.25) is 0 Å². The quantitative estimate of drug-likeness (QED) is 0.861. The molecule has 0 spiro atoms. The molecule has 0 unspecified atom stereocenters. The van der Waals surface area contributed by atoms with E-state index in [2.05, 4.69) is 36.5 Å². The van der Waals surface area contributed by atoms with E-state index in [1.54, 1.807) is 0 Å². The van der Waals surface area contributed by atoms with Gasteiger partial charge in [-0.05, 0) is 89.0 Å². The average Bonchev–Trinajstić information content (AvgIpc) is 2.80. The number of urea groups is 1. The molecule has 2 N–H and O–H groups in total. The van der Waals surface area contributed by atoms with Gasteiger partial charge in [0.25, 0.3) is 0 Å². The van der Waals surface area contributed by atoms with Crippen LogP contribution < -0.4 is 10.6 Å². The molecule has 5 heteroatoms. The number of carbonyl (C=O) groups is 1. The summed E-state index contributed by atoms with van der Waals surface area (Å²) in [6, 6.07) is 0.0279. The third-order valence-electron chi connectivity index (χ3n) is 6.91. The van der Waals surface area contributed by atoms with Crippen molar-refractivity contribution in [2.24, 2.45) is 17.8 Å². The molecule has 1 aromatic heterocycles. The highest BCUT2D eigenvalue weighted by molar-refractivity contribution is 5.75. The van der Waals surface area contributed by atoms with Crippen LogP contribution in [0.4, 0.5) is 4.79 Å². The predicted molar refractivity (Wildman–Crippen MR) is 98.5 cm³/mol. The van der Waals surface area contributed by atoms with Gasteiger partial charge in [-0.2, -0.15) is 5.10 Å². The highest BCUT2D eigenvalue weighted by Gasteiger charge is 2.51. The Morgan fingerprint density at radius 1 is 1.16 bits per heavy atom. The molecule has 2 amide bonds. The van der Waals surface area contributed by atoms with Crippen LogP contribution in [0.25, 0.3) is 0 Å². The van der Waals surface area contributed by atoms with Crippen molar-refractivity contribution in [2.75, 3.05) is 6.54 Å². The van der Waals surface area contributed by atoms with E-state index in [0.717, 1.165) is 36.4 Å². The maximum Gasteiger partial charge on any atom is 0.315 e. The number of hydrogen-bond acceptors (Lipinski definition) is 2. The summed E-state index contributed by atoms with van der Waals surface area (Å²) in [4.78, 5) is 12.5. The first-order valence-electron chi connectivity index (χ1n) is 10.1. The number of hydrogen-bond donors (Lipinski definition) is 2. The van der Waals surface area contributed by atoms with Gasteiger partial charge >= 0.3 is 6.03 Å². The van der Waals surface area contributed by atoms with Crippen molar-refractivity contribution in [3.05, 3.63) is 17.0 Å². The van der Waals surface area contributed by atoms with E-state index in [4.69, 9.17) is 0 Å². The zero-order chi connectivity index (χ0) is 17.6. The summed E-state index contributed by atoms with van der Waals surface area (Å²) in [5.74, 6) is 2.57. The molecule has 5 nitrogen and oxygen atoms in total. The summed E-state index contributed by atoms with van der Waals surface area (Å²) in [5, 5.41) is 11.0. The maximum atomic E-state index is 12.5. The number of amides is 2. The summed E-state index contributed by atoms with van der Waals surface area (Å²) in [6.45, 7) is 7.86. The summed E-state index contributed by atoms with van der Waals surface area (Å²) < 4.78 is 2.04. The zero-order valence-electron chi connectivity index (χ0n) is 15.9. The molecule has 4 bridgehead atoms. The average molecular weight is 345 g/mol. The first kappa shape index (κ1) is 16.9. The van der Waals surface area contributed by atoms with Crippen molar-refractivity contribution in [3.8, 4) is 0 Å². The third kappa shape index (κ3) is 3.18. The Labute approximate surface area is 150 Å². The van der Waals surface area contributed by atoms with Crippen molar-refractivity contribution in [1.29, 1.82) is 0 Å². The predicted octanol–water partition coefficient (Wildman–Crippen LogP) is 3.33. The first-order valence-corrected chi connectivity index (χ1v) is 10.1. The lowest BCUT2D eigenvalue weighted by atomic mass is 9.53. The van der Waals surface area contributed by atoms with Crippen molar-refractivity contribution in [3.63, 3.8) is 0 Å². The normalized spacial score (nSPS) is 32.8. The molecule has 0 aliphatic heterocycles. The van der Waals surface area contributed by atoms with Crippen LogP contribution >= 0.6 is 0 Å². The Balaban J connectivity index is 1.31. The second kappa shape index (κ2) is 6.33. The highest BCUT2D eigenvalue weighted by atomic mass is 16.2. The summed E-state index contributed by atoms with van der Waals surface area (Å²) in [5.41, 5.74) is 3.68. The number of rotatable bonds is 5. The second-order valence-corrected chi connectivity index (χ2v) is 8.79. The van der Waals surface area contributed by atoms with Crippen molar-refractivity contribution in [2.45, 2.75) is 77.8 Å². The lowest BCUT2D eigenvalue weighted by Crippen LogP contribution is -2.61. The lowest BCUT2D eigenvalue weighted by molar-refractivity contribution is -0.0135. The number of aromatic nitrogens is 2. The molecule has 5 rings (SSSR count). The molecule has 1 heterocycles. The fourth-order valence-corrected chi connectivity index (χ4v) is 6.25. The molecule has 4 aliphatic rings. The largest absolute Gasteiger partial charge is 0.338 e. The van der Waals surface area contributed by atoms with E-state index >= 15 is 0 Å². The SMILES string of the molecule is CCn1nc(C)c(CCNC(=O)NC23CC4CC(CC(C4)C2)C3)c1C. The van der Waals surface area contributed by atoms with Gasteiger partial charge in [-0.25, -0.2) is 4.79 Å². The fraction of sp³-hybridized carbons (Fsp3) is 0.800. The van der Waals surface area contributed by atoms with Crippen LogP contribution in [0.5, 0.6) is 0 Å². The van der Waals surface area contributed by atoms with Crippen LogP contribution in [0.15, 0.2) is 0 Å². The number of aryl methyl sites for hydroxylation is 2. The van der Waals surface area contributed by atoms with Gasteiger partial charge in [0.2, 0.25) is 0 Å². The maximum absolute atomic E-state index is 12.5. The molecule has 0 saturated heterocycles. The molecule has 0 aromatic carbocycles. The van der Waals surface area contributed by atoms with E-state index in [1.807, 2.05) is 4.68 Å². The Kier molecular flexibility index (Phi) is 4.28. The van der Waals surface area contributed by atoms with Gasteiger partial charge in [-0.3, -0.25) is 4.68 Å². The Morgan fingerprint density at radius 2 is 1.76 bits per heavy atom. The zero-order valence-corrected chi connectivity index (χ0v) is 15.9. The molecule has 25 heavy (non-hydrogen) atoms. The van der Waals surface area contributed by atoms with Gasteiger partial charge in [0, 0.05) is 24.3 Å². The molecule has 1 aromatic rings. The minimum atomic E-state index is 0.0279. The molecular weight excluding hydrogens is 312 g/mol. The van der Waals surface area contributed by atoms with Crippen LogP contribution in [0.3, 0.4) is 0 Å². The van der Waals surface area contributed by atoms with Gasteiger partial charge in [-0.15, -0.1) is 0 Å². The Morgan fingerprint density at radius 3 is 2.28 bits per heavy atom. The number of carbonyl (C=O) groups excluding carboxylic acids is 1. The van der Waals surface area contributed by atoms with Gasteiger partial charge in [0.1, 0.15) is 0 Å². The van der Waals surface area contributed by atoms with E-state index < -0.39 is 0 Å². The van der Waals surface area contributed by atoms with E-state index in [-0.39, 0.29) is 11.6 Å². The minimum absolute atomic E-state index is 0.0279. The van der Waals surface area contributed by atoms with Crippen molar-refractivity contribution in [1.82, 2.24) is 20.4 Å². The summed E-state index contributed by atoms with van der Waals surface area (Å²) >= 11 is 0. The molecule has 4 saturated carbocycles. The van der Waals surface area contributed by atoms with E-state index in [0.29, 0.717) is 6.54 Å². The molecule has 0 radical (unpaired) electrons. The van der Waals surface area contributed by atoms with Gasteiger partial charge in [-0.1, -0.05) is 0 Å². The number of nitrogens with zero attached hydrogens (tertiary/aromatic N) is 2. The van der Waals surface area contributed by atoms with Gasteiger partial charge in [0.15, 0.2) is 0 Å². The smallest absolute Gasteiger partial charge is 0.315 e. The van der Waals surface area contributed by atoms with E-state index in [1.165, 1.54) is 49.8 Å². The second-order valence-electron chi connectivity index (χ2n) is 8.79. The van der Waals surface area contributed by atoms with Crippen LogP contribution in [0, 0.1) is 31.6 Å². The standard InChI is InChI=1S/C20H32N4O/c1-4-24-14(3)18(13(2)23-24)5-6-21-19(25)22-20-10-15-7-16(11-20)9-17(8-15)12-20/h15-17H,4-12H2,1-3H3,(H2,21,22,25). The van der Waals surface area contributed by atoms with Crippen molar-refractivity contribution < 1.29 is 4.79 Å². The van der Waals surface area contributed by atoms with Gasteiger partial charge < -0.3 is 10.6 Å². The lowest BCUT2D eigenvalue weighted by Gasteiger charge is -2.56. The molecule has 4 fully saturated rings. The first-order chi connectivity index (χ1) is 12.0. The van der Waals surface area contributed by atoms with Gasteiger partial charge in [0.05, 0.1) is 5.69 Å². The minimum Gasteiger partial charge on any atom is -0.338 e. The van der Waals surface area contributed by atoms with Crippen LogP contribution in [-0.2, 0) is 13.0 Å². The summed E-state index contributed by atoms with van der Waals surface area (Å²) in [6.07, 6.45) is 8.68. The van der Waals surface area contributed by atoms with E-state index in [9.17, 15) is 4.79 Å². The third-order valence-corrected chi connectivity index (χ3v) is 6.91. The molecule has 0 atom stereocenters. The summed E-state index contributed by atoms with van der Waals surface area (Å²) in [7, 11) is 0. The molecule has 4 aliphatic carbocycles. The molecule has 138 valence electrons. The van der Waals surface area contributed by atoms with Crippen LogP contribution in [-0.4, -0.2) is 27.9 Å². The van der Waals surface area contributed by atoms with Crippen LogP contribution in [0.1, 0.15) is 62.4 Å². The Bertz CT molecular complexity index is 628. The topological polar surface area (TPSA) is 59.0 Å².